The van der Waals surface area contributed by atoms with E-state index in [1.807, 2.05) is 30.3 Å². The van der Waals surface area contributed by atoms with Crippen molar-refractivity contribution in [1.82, 2.24) is 0 Å². The van der Waals surface area contributed by atoms with Crippen LogP contribution in [0.4, 0.5) is 0 Å². The van der Waals surface area contributed by atoms with Gasteiger partial charge in [-0.15, -0.1) is 0 Å². The monoisotopic (exact) mass is 228 g/mol. The van der Waals surface area contributed by atoms with Crippen molar-refractivity contribution in [3.63, 3.8) is 0 Å². The fraction of sp³-hybridized carbons (Fsp3) is 0.400. The largest absolute Gasteiger partial charge is 0.436 e. The highest BCUT2D eigenvalue weighted by Crippen LogP contribution is 2.10. The molecule has 3 nitrogen and oxygen atoms in total. The average Bonchev–Trinajstić information content (AvgIpc) is 2.27. The van der Waals surface area contributed by atoms with Crippen molar-refractivity contribution < 1.29 is 14.4 Å². The summed E-state index contributed by atoms with van der Waals surface area (Å²) in [6, 6.07) is 9.80. The van der Waals surface area contributed by atoms with Gasteiger partial charge in [-0.1, -0.05) is 41.9 Å². The number of rotatable bonds is 6. The molecular weight excluding hydrogens is 214 g/mol. The first-order valence-electron chi connectivity index (χ1n) is 4.76. The quantitative estimate of drug-likeness (QED) is 0.591. The number of benzene rings is 1. The SMILES string of the molecule is CC(OCc1ccccc1)C(Cl)OBO. The third-order valence-corrected chi connectivity index (χ3v) is 2.44. The molecule has 1 aromatic carbocycles. The van der Waals surface area contributed by atoms with E-state index in [0.29, 0.717) is 6.61 Å². The molecule has 0 saturated heterocycles. The van der Waals surface area contributed by atoms with E-state index in [1.54, 1.807) is 6.92 Å². The zero-order valence-electron chi connectivity index (χ0n) is 8.60. The Kier molecular flexibility index (Phi) is 5.72. The summed E-state index contributed by atoms with van der Waals surface area (Å²) in [7, 11) is -0.396. The maximum absolute atomic E-state index is 8.51. The van der Waals surface area contributed by atoms with Crippen LogP contribution < -0.4 is 0 Å². The molecule has 15 heavy (non-hydrogen) atoms. The molecule has 1 aromatic rings. The van der Waals surface area contributed by atoms with E-state index in [1.165, 1.54) is 0 Å². The number of halogens is 1. The minimum absolute atomic E-state index is 0.265. The van der Waals surface area contributed by atoms with Gasteiger partial charge in [0, 0.05) is 0 Å². The summed E-state index contributed by atoms with van der Waals surface area (Å²) >= 11 is 5.79. The van der Waals surface area contributed by atoms with Crippen LogP contribution in [0.15, 0.2) is 30.3 Å². The van der Waals surface area contributed by atoms with Gasteiger partial charge in [0.1, 0.15) is 5.56 Å². The lowest BCUT2D eigenvalue weighted by molar-refractivity contribution is 0.00314. The van der Waals surface area contributed by atoms with Crippen LogP contribution in [0.5, 0.6) is 0 Å². The van der Waals surface area contributed by atoms with Crippen LogP contribution in [0.25, 0.3) is 0 Å². The summed E-state index contributed by atoms with van der Waals surface area (Å²) in [5, 5.41) is 8.51. The zero-order chi connectivity index (χ0) is 11.1. The summed E-state index contributed by atoms with van der Waals surface area (Å²) in [4.78, 5) is 0. The van der Waals surface area contributed by atoms with Gasteiger partial charge in [0.15, 0.2) is 0 Å². The number of hydrogen-bond donors (Lipinski definition) is 1. The first-order chi connectivity index (χ1) is 7.24. The van der Waals surface area contributed by atoms with Crippen molar-refractivity contribution in [1.29, 1.82) is 0 Å². The van der Waals surface area contributed by atoms with Gasteiger partial charge in [0.2, 0.25) is 0 Å². The minimum atomic E-state index is -0.626. The van der Waals surface area contributed by atoms with Gasteiger partial charge >= 0.3 is 7.69 Å². The number of ether oxygens (including phenoxy) is 1. The van der Waals surface area contributed by atoms with Crippen LogP contribution in [0.3, 0.4) is 0 Å². The zero-order valence-corrected chi connectivity index (χ0v) is 9.35. The molecule has 0 heterocycles. The van der Waals surface area contributed by atoms with Crippen molar-refractivity contribution in [3.05, 3.63) is 35.9 Å². The van der Waals surface area contributed by atoms with Gasteiger partial charge in [0.25, 0.3) is 0 Å². The number of hydrogen-bond acceptors (Lipinski definition) is 3. The summed E-state index contributed by atoms with van der Waals surface area (Å²) < 4.78 is 10.3. The van der Waals surface area contributed by atoms with E-state index in [2.05, 4.69) is 0 Å². The van der Waals surface area contributed by atoms with Crippen LogP contribution in [-0.2, 0) is 16.0 Å². The Morgan fingerprint density at radius 2 is 2.07 bits per heavy atom. The molecule has 0 fully saturated rings. The van der Waals surface area contributed by atoms with E-state index < -0.39 is 13.2 Å². The molecule has 0 amide bonds. The molecule has 82 valence electrons. The topological polar surface area (TPSA) is 38.7 Å². The molecule has 0 radical (unpaired) electrons. The first kappa shape index (κ1) is 12.5. The first-order valence-corrected chi connectivity index (χ1v) is 5.19. The predicted molar refractivity (Wildman–Crippen MR) is 60.8 cm³/mol. The molecule has 0 aliphatic carbocycles. The highest BCUT2D eigenvalue weighted by atomic mass is 35.5. The molecule has 0 saturated carbocycles. The van der Waals surface area contributed by atoms with Crippen LogP contribution >= 0.6 is 11.6 Å². The van der Waals surface area contributed by atoms with E-state index in [0.717, 1.165) is 5.56 Å². The van der Waals surface area contributed by atoms with Gasteiger partial charge in [-0.05, 0) is 12.5 Å². The van der Waals surface area contributed by atoms with Crippen molar-refractivity contribution in [2.45, 2.75) is 25.2 Å². The fourth-order valence-electron chi connectivity index (χ4n) is 1.08. The third-order valence-electron chi connectivity index (χ3n) is 1.96. The molecule has 2 atom stereocenters. The molecule has 2 unspecified atom stereocenters. The summed E-state index contributed by atoms with van der Waals surface area (Å²) in [5.41, 5.74) is 0.455. The van der Waals surface area contributed by atoms with Crippen LogP contribution in [-0.4, -0.2) is 24.4 Å². The van der Waals surface area contributed by atoms with Gasteiger partial charge in [-0.25, -0.2) is 0 Å². The van der Waals surface area contributed by atoms with Gasteiger partial charge < -0.3 is 14.4 Å². The Morgan fingerprint density at radius 3 is 2.67 bits per heavy atom. The molecule has 1 rings (SSSR count). The lowest BCUT2D eigenvalue weighted by atomic mass is 10.2. The van der Waals surface area contributed by atoms with Gasteiger partial charge in [-0.3, -0.25) is 0 Å². The maximum Gasteiger partial charge on any atom is 0.436 e. The van der Waals surface area contributed by atoms with Crippen LogP contribution in [0.1, 0.15) is 12.5 Å². The summed E-state index contributed by atoms with van der Waals surface area (Å²) in [6.07, 6.45) is -0.265. The lowest BCUT2D eigenvalue weighted by Crippen LogP contribution is -2.25. The summed E-state index contributed by atoms with van der Waals surface area (Å²) in [6.45, 7) is 2.29. The third kappa shape index (κ3) is 4.66. The second kappa shape index (κ2) is 6.85. The van der Waals surface area contributed by atoms with Crippen molar-refractivity contribution >= 4 is 19.3 Å². The molecule has 0 aliphatic heterocycles. The smallest absolute Gasteiger partial charge is 0.430 e. The van der Waals surface area contributed by atoms with Crippen LogP contribution in [0.2, 0.25) is 0 Å². The van der Waals surface area contributed by atoms with Gasteiger partial charge in [-0.2, -0.15) is 0 Å². The van der Waals surface area contributed by atoms with Crippen molar-refractivity contribution in [2.75, 3.05) is 0 Å². The van der Waals surface area contributed by atoms with Crippen molar-refractivity contribution in [3.8, 4) is 0 Å². The highest BCUT2D eigenvalue weighted by Gasteiger charge is 2.14. The Bertz CT molecular complexity index is 271. The summed E-state index contributed by atoms with van der Waals surface area (Å²) in [5.74, 6) is 0. The Morgan fingerprint density at radius 1 is 1.40 bits per heavy atom. The van der Waals surface area contributed by atoms with Crippen LogP contribution in [0, 0.1) is 0 Å². The van der Waals surface area contributed by atoms with E-state index in [-0.39, 0.29) is 6.10 Å². The molecule has 1 N–H and O–H groups in total. The Hall–Kier alpha value is -0.545. The van der Waals surface area contributed by atoms with Crippen molar-refractivity contribution in [2.24, 2.45) is 0 Å². The standard InChI is InChI=1S/C10H14BClO3/c1-8(10(12)15-11-13)14-7-9-5-3-2-4-6-9/h2-6,8,10-11,13H,7H2,1H3. The molecular formula is C10H14BClO3. The van der Waals surface area contributed by atoms with E-state index in [4.69, 9.17) is 26.0 Å². The predicted octanol–water partition coefficient (Wildman–Crippen LogP) is 1.43. The normalized spacial score (nSPS) is 14.6. The maximum atomic E-state index is 8.51. The van der Waals surface area contributed by atoms with E-state index >= 15 is 0 Å². The molecule has 5 heteroatoms. The molecule has 0 spiro atoms. The fourth-order valence-corrected chi connectivity index (χ4v) is 1.21. The number of alkyl halides is 1. The highest BCUT2D eigenvalue weighted by molar-refractivity contribution is 6.24. The molecule has 0 bridgehead atoms. The van der Waals surface area contributed by atoms with Gasteiger partial charge in [0.05, 0.1) is 12.7 Å². The second-order valence-corrected chi connectivity index (χ2v) is 3.58. The Balaban J connectivity index is 2.31. The average molecular weight is 228 g/mol. The minimum Gasteiger partial charge on any atom is -0.430 e. The second-order valence-electron chi connectivity index (χ2n) is 3.15. The molecule has 0 aromatic heterocycles. The molecule has 0 aliphatic rings. The Labute approximate surface area is 95.3 Å². The van der Waals surface area contributed by atoms with E-state index in [9.17, 15) is 0 Å². The lowest BCUT2D eigenvalue weighted by Gasteiger charge is -2.18.